The number of methoxy groups -OCH3 is 2. The molecule has 8 heteroatoms. The van der Waals surface area contributed by atoms with Gasteiger partial charge in [0, 0.05) is 62.2 Å². The highest BCUT2D eigenvalue weighted by molar-refractivity contribution is 5.80. The van der Waals surface area contributed by atoms with E-state index in [1.54, 1.807) is 14.2 Å². The summed E-state index contributed by atoms with van der Waals surface area (Å²) < 4.78 is 37.5. The largest absolute Gasteiger partial charge is 0.497 e. The van der Waals surface area contributed by atoms with Crippen molar-refractivity contribution in [2.24, 2.45) is 4.99 Å². The molecule has 0 spiro atoms. The van der Waals surface area contributed by atoms with Crippen molar-refractivity contribution in [1.29, 1.82) is 0 Å². The first-order chi connectivity index (χ1) is 15.5. The molecule has 0 aromatic heterocycles. The summed E-state index contributed by atoms with van der Waals surface area (Å²) in [5.41, 5.74) is 1.69. The first-order valence-corrected chi connectivity index (χ1v) is 11.0. The Balaban J connectivity index is 1.55. The number of piperidine rings is 1. The zero-order valence-electron chi connectivity index (χ0n) is 19.0. The number of hydrogen-bond donors (Lipinski definition) is 2. The molecule has 0 amide bonds. The van der Waals surface area contributed by atoms with Crippen molar-refractivity contribution < 1.29 is 18.3 Å². The molecule has 1 heterocycles. The fourth-order valence-corrected chi connectivity index (χ4v) is 3.82. The van der Waals surface area contributed by atoms with Gasteiger partial charge in [-0.25, -0.2) is 8.78 Å². The van der Waals surface area contributed by atoms with E-state index in [1.165, 1.54) is 12.1 Å². The Labute approximate surface area is 188 Å². The van der Waals surface area contributed by atoms with Gasteiger partial charge in [-0.2, -0.15) is 0 Å². The number of hydrogen-bond acceptors (Lipinski definition) is 4. The minimum absolute atomic E-state index is 0.295. The Kier molecular flexibility index (Phi) is 8.53. The number of halogens is 2. The van der Waals surface area contributed by atoms with Crippen LogP contribution in [0.25, 0.3) is 0 Å². The van der Waals surface area contributed by atoms with E-state index >= 15 is 0 Å². The molecule has 2 aromatic rings. The van der Waals surface area contributed by atoms with E-state index in [2.05, 4.69) is 20.5 Å². The van der Waals surface area contributed by atoms with Crippen molar-refractivity contribution in [3.8, 4) is 11.5 Å². The van der Waals surface area contributed by atoms with Crippen LogP contribution in [0.2, 0.25) is 0 Å². The topological polar surface area (TPSA) is 58.1 Å². The van der Waals surface area contributed by atoms with Gasteiger partial charge in [0.25, 0.3) is 0 Å². The van der Waals surface area contributed by atoms with E-state index in [0.29, 0.717) is 24.6 Å². The Morgan fingerprint density at radius 1 is 1.00 bits per heavy atom. The summed E-state index contributed by atoms with van der Waals surface area (Å²) in [4.78, 5) is 6.91. The fraction of sp³-hybridized carbons (Fsp3) is 0.458. The van der Waals surface area contributed by atoms with E-state index in [9.17, 15) is 8.78 Å². The van der Waals surface area contributed by atoms with Gasteiger partial charge in [0.15, 0.2) is 5.96 Å². The molecule has 2 aromatic carbocycles. The van der Waals surface area contributed by atoms with Gasteiger partial charge < -0.3 is 25.0 Å². The molecule has 1 aliphatic heterocycles. The normalized spacial score (nSPS) is 14.9. The minimum Gasteiger partial charge on any atom is -0.497 e. The van der Waals surface area contributed by atoms with Crippen LogP contribution in [0.3, 0.4) is 0 Å². The Bertz CT molecular complexity index is 872. The second-order valence-corrected chi connectivity index (χ2v) is 7.76. The van der Waals surface area contributed by atoms with Crippen LogP contribution >= 0.6 is 0 Å². The van der Waals surface area contributed by atoms with Crippen LogP contribution in [0.5, 0.6) is 11.5 Å². The zero-order chi connectivity index (χ0) is 22.9. The van der Waals surface area contributed by atoms with Crippen LogP contribution in [-0.2, 0) is 6.42 Å². The van der Waals surface area contributed by atoms with Gasteiger partial charge in [-0.15, -0.1) is 0 Å². The number of nitrogens with one attached hydrogen (secondary N) is 2. The fourth-order valence-electron chi connectivity index (χ4n) is 3.82. The first kappa shape index (κ1) is 23.6. The molecule has 174 valence electrons. The monoisotopic (exact) mass is 446 g/mol. The van der Waals surface area contributed by atoms with Crippen LogP contribution in [-0.4, -0.2) is 52.4 Å². The number of ether oxygens (including phenoxy) is 2. The standard InChI is InChI=1S/C24H32F2N4O2/c1-4-27-24(28-8-5-17-11-18(25)13-19(26)12-17)29-20-6-9-30(10-7-20)21-14-22(31-2)16-23(15-21)32-3/h11-16,20H,4-10H2,1-3H3,(H2,27,28,29). The van der Waals surface area contributed by atoms with Gasteiger partial charge in [-0.3, -0.25) is 4.99 Å². The summed E-state index contributed by atoms with van der Waals surface area (Å²) in [6.07, 6.45) is 2.39. The molecule has 0 aliphatic carbocycles. The molecule has 0 atom stereocenters. The number of nitrogens with zero attached hydrogens (tertiary/aromatic N) is 2. The molecule has 0 radical (unpaired) electrons. The lowest BCUT2D eigenvalue weighted by molar-refractivity contribution is 0.393. The third-order valence-electron chi connectivity index (χ3n) is 5.47. The third-order valence-corrected chi connectivity index (χ3v) is 5.47. The number of guanidine groups is 1. The van der Waals surface area contributed by atoms with Crippen molar-refractivity contribution in [2.45, 2.75) is 32.2 Å². The van der Waals surface area contributed by atoms with E-state index in [1.807, 2.05) is 25.1 Å². The molecule has 6 nitrogen and oxygen atoms in total. The van der Waals surface area contributed by atoms with Crippen LogP contribution in [0.1, 0.15) is 25.3 Å². The molecule has 3 rings (SSSR count). The molecule has 1 fully saturated rings. The Morgan fingerprint density at radius 2 is 1.62 bits per heavy atom. The second kappa shape index (κ2) is 11.5. The van der Waals surface area contributed by atoms with Gasteiger partial charge in [0.2, 0.25) is 0 Å². The highest BCUT2D eigenvalue weighted by Crippen LogP contribution is 2.30. The zero-order valence-corrected chi connectivity index (χ0v) is 19.0. The SMILES string of the molecule is CCNC(=NCCc1cc(F)cc(F)c1)NC1CCN(c2cc(OC)cc(OC)c2)CC1. The molecule has 0 unspecified atom stereocenters. The van der Waals surface area contributed by atoms with Crippen molar-refractivity contribution in [3.63, 3.8) is 0 Å². The number of benzene rings is 2. The van der Waals surface area contributed by atoms with Crippen LogP contribution < -0.4 is 25.0 Å². The molecular formula is C24H32F2N4O2. The second-order valence-electron chi connectivity index (χ2n) is 7.76. The molecule has 32 heavy (non-hydrogen) atoms. The molecule has 2 N–H and O–H groups in total. The summed E-state index contributed by atoms with van der Waals surface area (Å²) in [6.45, 7) is 4.99. The number of aliphatic imine (C=N–C) groups is 1. The van der Waals surface area contributed by atoms with Gasteiger partial charge in [-0.05, 0) is 43.9 Å². The molecule has 0 bridgehead atoms. The lowest BCUT2D eigenvalue weighted by atomic mass is 10.0. The third kappa shape index (κ3) is 6.73. The Morgan fingerprint density at radius 3 is 2.19 bits per heavy atom. The Hall–Kier alpha value is -3.03. The van der Waals surface area contributed by atoms with Crippen LogP contribution in [0.15, 0.2) is 41.4 Å². The lowest BCUT2D eigenvalue weighted by Gasteiger charge is -2.34. The van der Waals surface area contributed by atoms with Gasteiger partial charge in [0.1, 0.15) is 23.1 Å². The smallest absolute Gasteiger partial charge is 0.191 e. The quantitative estimate of drug-likeness (QED) is 0.478. The number of anilines is 1. The van der Waals surface area contributed by atoms with Crippen LogP contribution in [0.4, 0.5) is 14.5 Å². The molecule has 1 aliphatic rings. The van der Waals surface area contributed by atoms with Gasteiger partial charge >= 0.3 is 0 Å². The minimum atomic E-state index is -0.561. The predicted molar refractivity (Wildman–Crippen MR) is 124 cm³/mol. The number of rotatable bonds is 8. The summed E-state index contributed by atoms with van der Waals surface area (Å²) in [5, 5.41) is 6.75. The molecule has 0 saturated carbocycles. The summed E-state index contributed by atoms with van der Waals surface area (Å²) in [6, 6.07) is 9.79. The van der Waals surface area contributed by atoms with E-state index in [0.717, 1.165) is 61.7 Å². The maximum absolute atomic E-state index is 13.4. The van der Waals surface area contributed by atoms with E-state index in [-0.39, 0.29) is 0 Å². The van der Waals surface area contributed by atoms with Gasteiger partial charge in [-0.1, -0.05) is 0 Å². The first-order valence-electron chi connectivity index (χ1n) is 11.0. The van der Waals surface area contributed by atoms with Crippen molar-refractivity contribution >= 4 is 11.6 Å². The van der Waals surface area contributed by atoms with Crippen molar-refractivity contribution in [3.05, 3.63) is 53.6 Å². The lowest BCUT2D eigenvalue weighted by Crippen LogP contribution is -2.48. The summed E-state index contributed by atoms with van der Waals surface area (Å²) in [5.74, 6) is 1.16. The highest BCUT2D eigenvalue weighted by Gasteiger charge is 2.21. The summed E-state index contributed by atoms with van der Waals surface area (Å²) >= 11 is 0. The summed E-state index contributed by atoms with van der Waals surface area (Å²) in [7, 11) is 3.31. The average molecular weight is 447 g/mol. The van der Waals surface area contributed by atoms with E-state index in [4.69, 9.17) is 9.47 Å². The molecular weight excluding hydrogens is 414 g/mol. The highest BCUT2D eigenvalue weighted by atomic mass is 19.1. The maximum atomic E-state index is 13.4. The van der Waals surface area contributed by atoms with Crippen LogP contribution in [0, 0.1) is 11.6 Å². The van der Waals surface area contributed by atoms with Gasteiger partial charge in [0.05, 0.1) is 14.2 Å². The predicted octanol–water partition coefficient (Wildman–Crippen LogP) is 3.75. The van der Waals surface area contributed by atoms with Crippen molar-refractivity contribution in [2.75, 3.05) is 45.3 Å². The molecule has 1 saturated heterocycles. The van der Waals surface area contributed by atoms with Crippen molar-refractivity contribution in [1.82, 2.24) is 10.6 Å². The van der Waals surface area contributed by atoms with E-state index < -0.39 is 11.6 Å². The maximum Gasteiger partial charge on any atom is 0.191 e. The average Bonchev–Trinajstić information content (AvgIpc) is 2.78.